The maximum Gasteiger partial charge on any atom is 0.142 e. The third kappa shape index (κ3) is 2.90. The average Bonchev–Trinajstić information content (AvgIpc) is 2.99. The van der Waals surface area contributed by atoms with Crippen molar-refractivity contribution in [3.05, 3.63) is 41.7 Å². The fourth-order valence-electron chi connectivity index (χ4n) is 2.84. The van der Waals surface area contributed by atoms with Crippen molar-refractivity contribution in [3.63, 3.8) is 0 Å². The fourth-order valence-corrected chi connectivity index (χ4v) is 2.84. The predicted molar refractivity (Wildman–Crippen MR) is 80.2 cm³/mol. The third-order valence-corrected chi connectivity index (χ3v) is 3.96. The van der Waals surface area contributed by atoms with Crippen LogP contribution in [0.2, 0.25) is 0 Å². The maximum atomic E-state index is 5.97. The van der Waals surface area contributed by atoms with E-state index in [1.807, 2.05) is 6.20 Å². The lowest BCUT2D eigenvalue weighted by Crippen LogP contribution is -2.34. The van der Waals surface area contributed by atoms with Crippen molar-refractivity contribution in [3.8, 4) is 5.75 Å². The van der Waals surface area contributed by atoms with Gasteiger partial charge in [-0.25, -0.2) is 0 Å². The molecule has 0 aliphatic carbocycles. The van der Waals surface area contributed by atoms with Crippen LogP contribution in [-0.2, 0) is 13.0 Å². The molecule has 4 nitrogen and oxygen atoms in total. The van der Waals surface area contributed by atoms with E-state index in [1.165, 1.54) is 11.1 Å². The minimum Gasteiger partial charge on any atom is -0.478 e. The molecule has 0 atom stereocenters. The van der Waals surface area contributed by atoms with Crippen LogP contribution >= 0.6 is 0 Å². The molecule has 1 aromatic rings. The minimum atomic E-state index is 0.720. The summed E-state index contributed by atoms with van der Waals surface area (Å²) in [5, 5.41) is 3.19. The third-order valence-electron chi connectivity index (χ3n) is 3.96. The summed E-state index contributed by atoms with van der Waals surface area (Å²) in [6.07, 6.45) is 6.33. The molecule has 2 aliphatic heterocycles. The highest BCUT2D eigenvalue weighted by molar-refractivity contribution is 5.42. The number of aryl methyl sites for hydroxylation is 1. The van der Waals surface area contributed by atoms with E-state index >= 15 is 0 Å². The Kier molecular flexibility index (Phi) is 4.11. The van der Waals surface area contributed by atoms with E-state index in [0.717, 1.165) is 51.6 Å². The Morgan fingerprint density at radius 1 is 1.30 bits per heavy atom. The number of ether oxygens (including phenoxy) is 1. The van der Waals surface area contributed by atoms with Gasteiger partial charge in [0.2, 0.25) is 0 Å². The SMILES string of the molecule is CCc1cccc2c1OCN(CCCN1C=CNC1)C2. The van der Waals surface area contributed by atoms with E-state index in [9.17, 15) is 0 Å². The molecule has 0 fully saturated rings. The van der Waals surface area contributed by atoms with Crippen molar-refractivity contribution in [2.24, 2.45) is 0 Å². The number of nitrogens with zero attached hydrogens (tertiary/aromatic N) is 2. The Hall–Kier alpha value is -1.68. The van der Waals surface area contributed by atoms with E-state index < -0.39 is 0 Å². The van der Waals surface area contributed by atoms with Gasteiger partial charge in [-0.1, -0.05) is 25.1 Å². The van der Waals surface area contributed by atoms with Crippen molar-refractivity contribution >= 4 is 0 Å². The van der Waals surface area contributed by atoms with Gasteiger partial charge in [-0.3, -0.25) is 4.90 Å². The van der Waals surface area contributed by atoms with Crippen LogP contribution < -0.4 is 10.1 Å². The van der Waals surface area contributed by atoms with Gasteiger partial charge in [-0.15, -0.1) is 0 Å². The lowest BCUT2D eigenvalue weighted by atomic mass is 10.1. The predicted octanol–water partition coefficient (Wildman–Crippen LogP) is 2.12. The first kappa shape index (κ1) is 13.3. The molecule has 0 radical (unpaired) electrons. The van der Waals surface area contributed by atoms with Crippen LogP contribution in [0.15, 0.2) is 30.6 Å². The molecule has 3 rings (SSSR count). The summed E-state index contributed by atoms with van der Waals surface area (Å²) in [6.45, 7) is 7.04. The molecule has 0 saturated carbocycles. The molecule has 1 N–H and O–H groups in total. The zero-order chi connectivity index (χ0) is 13.8. The fraction of sp³-hybridized carbons (Fsp3) is 0.500. The Bertz CT molecular complexity index is 487. The number of para-hydroxylation sites is 1. The smallest absolute Gasteiger partial charge is 0.142 e. The Balaban J connectivity index is 1.52. The summed E-state index contributed by atoms with van der Waals surface area (Å²) in [5.41, 5.74) is 2.66. The minimum absolute atomic E-state index is 0.720. The van der Waals surface area contributed by atoms with E-state index in [2.05, 4.69) is 46.4 Å². The molecule has 2 heterocycles. The van der Waals surface area contributed by atoms with Crippen molar-refractivity contribution < 1.29 is 4.74 Å². The standard InChI is InChI=1S/C16H23N3O/c1-2-14-5-3-6-15-11-19(13-20-16(14)15)9-4-8-18-10-7-17-12-18/h3,5-7,10,17H,2,4,8-9,11-13H2,1H3. The Morgan fingerprint density at radius 3 is 3.05 bits per heavy atom. The van der Waals surface area contributed by atoms with Gasteiger partial charge in [0.25, 0.3) is 0 Å². The highest BCUT2D eigenvalue weighted by Gasteiger charge is 2.19. The molecule has 4 heteroatoms. The van der Waals surface area contributed by atoms with Gasteiger partial charge in [0.15, 0.2) is 0 Å². The Morgan fingerprint density at radius 2 is 2.25 bits per heavy atom. The average molecular weight is 273 g/mol. The highest BCUT2D eigenvalue weighted by atomic mass is 16.5. The lowest BCUT2D eigenvalue weighted by molar-refractivity contribution is 0.0911. The van der Waals surface area contributed by atoms with Crippen LogP contribution in [0.3, 0.4) is 0 Å². The molecule has 0 spiro atoms. The van der Waals surface area contributed by atoms with Crippen molar-refractivity contribution in [2.75, 3.05) is 26.5 Å². The van der Waals surface area contributed by atoms with E-state index in [4.69, 9.17) is 4.74 Å². The number of rotatable bonds is 5. The molecule has 0 saturated heterocycles. The Labute approximate surface area is 121 Å². The lowest BCUT2D eigenvalue weighted by Gasteiger charge is -2.30. The van der Waals surface area contributed by atoms with E-state index in [-0.39, 0.29) is 0 Å². The number of hydrogen-bond donors (Lipinski definition) is 1. The van der Waals surface area contributed by atoms with Gasteiger partial charge in [0, 0.05) is 37.6 Å². The number of hydrogen-bond acceptors (Lipinski definition) is 4. The summed E-state index contributed by atoms with van der Waals surface area (Å²) < 4.78 is 5.97. The first-order valence-electron chi connectivity index (χ1n) is 7.47. The largest absolute Gasteiger partial charge is 0.478 e. The van der Waals surface area contributed by atoms with Crippen LogP contribution in [0, 0.1) is 0 Å². The molecular formula is C16H23N3O. The summed E-state index contributed by atoms with van der Waals surface area (Å²) in [6, 6.07) is 6.50. The molecule has 2 aliphatic rings. The molecule has 0 unspecified atom stereocenters. The van der Waals surface area contributed by atoms with Crippen molar-refractivity contribution in [1.82, 2.24) is 15.1 Å². The summed E-state index contributed by atoms with van der Waals surface area (Å²) in [7, 11) is 0. The zero-order valence-electron chi connectivity index (χ0n) is 12.1. The molecule has 20 heavy (non-hydrogen) atoms. The highest BCUT2D eigenvalue weighted by Crippen LogP contribution is 2.29. The van der Waals surface area contributed by atoms with Gasteiger partial charge >= 0.3 is 0 Å². The summed E-state index contributed by atoms with van der Waals surface area (Å²) in [5.74, 6) is 1.12. The molecule has 0 bridgehead atoms. The quantitative estimate of drug-likeness (QED) is 0.889. The van der Waals surface area contributed by atoms with Crippen molar-refractivity contribution in [2.45, 2.75) is 26.3 Å². The summed E-state index contributed by atoms with van der Waals surface area (Å²) in [4.78, 5) is 4.68. The molecular weight excluding hydrogens is 250 g/mol. The second-order valence-electron chi connectivity index (χ2n) is 5.43. The van der Waals surface area contributed by atoms with Gasteiger partial charge in [-0.05, 0) is 18.4 Å². The summed E-state index contributed by atoms with van der Waals surface area (Å²) >= 11 is 0. The zero-order valence-corrected chi connectivity index (χ0v) is 12.1. The number of nitrogens with one attached hydrogen (secondary N) is 1. The van der Waals surface area contributed by atoms with Crippen LogP contribution in [0.4, 0.5) is 0 Å². The molecule has 1 aromatic carbocycles. The van der Waals surface area contributed by atoms with Crippen LogP contribution in [-0.4, -0.2) is 36.3 Å². The number of fused-ring (bicyclic) bond motifs is 1. The second-order valence-corrected chi connectivity index (χ2v) is 5.43. The van der Waals surface area contributed by atoms with Gasteiger partial charge in [-0.2, -0.15) is 0 Å². The van der Waals surface area contributed by atoms with Gasteiger partial charge in [0.1, 0.15) is 12.5 Å². The molecule has 108 valence electrons. The first-order valence-corrected chi connectivity index (χ1v) is 7.47. The normalized spacial score (nSPS) is 17.8. The maximum absolute atomic E-state index is 5.97. The molecule has 0 amide bonds. The first-order chi connectivity index (χ1) is 9.86. The van der Waals surface area contributed by atoms with Gasteiger partial charge < -0.3 is 15.0 Å². The van der Waals surface area contributed by atoms with Crippen LogP contribution in [0.25, 0.3) is 0 Å². The van der Waals surface area contributed by atoms with Gasteiger partial charge in [0.05, 0.1) is 6.67 Å². The van der Waals surface area contributed by atoms with E-state index in [1.54, 1.807) is 0 Å². The monoisotopic (exact) mass is 273 g/mol. The molecule has 0 aromatic heterocycles. The van der Waals surface area contributed by atoms with Crippen LogP contribution in [0.1, 0.15) is 24.5 Å². The van der Waals surface area contributed by atoms with E-state index in [0.29, 0.717) is 0 Å². The van der Waals surface area contributed by atoms with Crippen LogP contribution in [0.5, 0.6) is 5.75 Å². The topological polar surface area (TPSA) is 27.7 Å². The second kappa shape index (κ2) is 6.18. The van der Waals surface area contributed by atoms with Crippen molar-refractivity contribution in [1.29, 1.82) is 0 Å². The number of benzene rings is 1.